The maximum absolute atomic E-state index is 10.4. The molecule has 0 saturated carbocycles. The first-order valence-corrected chi connectivity index (χ1v) is 3.79. The lowest BCUT2D eigenvalue weighted by Gasteiger charge is -2.00. The molecule has 0 aliphatic rings. The van der Waals surface area contributed by atoms with Gasteiger partial charge in [-0.25, -0.2) is 4.79 Å². The number of hydrogen-bond donors (Lipinski definition) is 2. The highest BCUT2D eigenvalue weighted by Crippen LogP contribution is 2.19. The van der Waals surface area contributed by atoms with Gasteiger partial charge in [0, 0.05) is 5.88 Å². The quantitative estimate of drug-likeness (QED) is 0.693. The summed E-state index contributed by atoms with van der Waals surface area (Å²) in [6.07, 6.45) is 0. The molecule has 1 aromatic carbocycles. The first-order valence-electron chi connectivity index (χ1n) is 3.26. The van der Waals surface area contributed by atoms with Gasteiger partial charge in [-0.2, -0.15) is 0 Å². The number of carbonyl (C=O) groups is 1. The van der Waals surface area contributed by atoms with Crippen molar-refractivity contribution in [1.82, 2.24) is 0 Å². The van der Waals surface area contributed by atoms with Crippen LogP contribution in [0.3, 0.4) is 0 Å². The van der Waals surface area contributed by atoms with E-state index in [1.807, 2.05) is 0 Å². The number of benzene rings is 1. The van der Waals surface area contributed by atoms with E-state index in [4.69, 9.17) is 21.8 Å². The van der Waals surface area contributed by atoms with Crippen LogP contribution in [-0.4, -0.2) is 16.2 Å². The highest BCUT2D eigenvalue weighted by Gasteiger charge is 2.08. The van der Waals surface area contributed by atoms with E-state index in [1.165, 1.54) is 12.1 Å². The van der Waals surface area contributed by atoms with Crippen molar-refractivity contribution in [3.05, 3.63) is 29.3 Å². The smallest absolute Gasteiger partial charge is 0.339 e. The summed E-state index contributed by atoms with van der Waals surface area (Å²) in [6, 6.07) is 4.24. The maximum Gasteiger partial charge on any atom is 0.339 e. The molecular formula is C8H7ClO3. The van der Waals surface area contributed by atoms with Crippen molar-refractivity contribution < 1.29 is 15.0 Å². The molecule has 0 amide bonds. The SMILES string of the molecule is O=C(O)c1ccc(CCl)cc1O. The predicted octanol–water partition coefficient (Wildman–Crippen LogP) is 1.83. The zero-order chi connectivity index (χ0) is 9.14. The standard InChI is InChI=1S/C8H7ClO3/c9-4-5-1-2-6(8(11)12)7(10)3-5/h1-3,10H,4H2,(H,11,12). The minimum atomic E-state index is -1.14. The van der Waals surface area contributed by atoms with E-state index in [1.54, 1.807) is 6.07 Å². The van der Waals surface area contributed by atoms with Gasteiger partial charge < -0.3 is 10.2 Å². The zero-order valence-electron chi connectivity index (χ0n) is 6.12. The second-order valence-corrected chi connectivity index (χ2v) is 2.56. The summed E-state index contributed by atoms with van der Waals surface area (Å²) >= 11 is 5.47. The summed E-state index contributed by atoms with van der Waals surface area (Å²) in [6.45, 7) is 0. The fourth-order valence-corrected chi connectivity index (χ4v) is 1.01. The first-order chi connectivity index (χ1) is 5.65. The Morgan fingerprint density at radius 3 is 2.58 bits per heavy atom. The number of halogens is 1. The maximum atomic E-state index is 10.4. The summed E-state index contributed by atoms with van der Waals surface area (Å²) in [4.78, 5) is 10.4. The van der Waals surface area contributed by atoms with Gasteiger partial charge in [0.2, 0.25) is 0 Å². The molecule has 4 heteroatoms. The zero-order valence-corrected chi connectivity index (χ0v) is 6.88. The van der Waals surface area contributed by atoms with Crippen molar-refractivity contribution in [3.63, 3.8) is 0 Å². The van der Waals surface area contributed by atoms with Crippen LogP contribution in [0.2, 0.25) is 0 Å². The Balaban J connectivity index is 3.12. The van der Waals surface area contributed by atoms with Gasteiger partial charge in [-0.1, -0.05) is 6.07 Å². The molecule has 12 heavy (non-hydrogen) atoms. The number of alkyl halides is 1. The summed E-state index contributed by atoms with van der Waals surface area (Å²) in [7, 11) is 0. The Hall–Kier alpha value is -1.22. The Labute approximate surface area is 74.2 Å². The van der Waals surface area contributed by atoms with Crippen LogP contribution in [0, 0.1) is 0 Å². The molecule has 0 heterocycles. The lowest BCUT2D eigenvalue weighted by molar-refractivity contribution is 0.0694. The summed E-state index contributed by atoms with van der Waals surface area (Å²) in [5, 5.41) is 17.7. The van der Waals surface area contributed by atoms with Gasteiger partial charge in [-0.15, -0.1) is 11.6 Å². The number of rotatable bonds is 2. The minimum absolute atomic E-state index is 0.108. The highest BCUT2D eigenvalue weighted by atomic mass is 35.5. The average molecular weight is 187 g/mol. The summed E-state index contributed by atoms with van der Waals surface area (Å²) < 4.78 is 0. The van der Waals surface area contributed by atoms with E-state index in [0.29, 0.717) is 5.56 Å². The molecule has 0 aliphatic heterocycles. The number of aromatic carboxylic acids is 1. The normalized spacial score (nSPS) is 9.75. The monoisotopic (exact) mass is 186 g/mol. The molecule has 0 radical (unpaired) electrons. The minimum Gasteiger partial charge on any atom is -0.507 e. The van der Waals surface area contributed by atoms with Crippen LogP contribution in [0.1, 0.15) is 15.9 Å². The van der Waals surface area contributed by atoms with Gasteiger partial charge in [-0.05, 0) is 17.7 Å². The largest absolute Gasteiger partial charge is 0.507 e. The molecule has 0 bridgehead atoms. The van der Waals surface area contributed by atoms with Crippen LogP contribution < -0.4 is 0 Å². The average Bonchev–Trinajstić information content (AvgIpc) is 2.03. The fraction of sp³-hybridized carbons (Fsp3) is 0.125. The Bertz CT molecular complexity index is 309. The molecule has 0 aromatic heterocycles. The topological polar surface area (TPSA) is 57.5 Å². The van der Waals surface area contributed by atoms with E-state index in [2.05, 4.69) is 0 Å². The summed E-state index contributed by atoms with van der Waals surface area (Å²) in [5.74, 6) is -1.14. The second-order valence-electron chi connectivity index (χ2n) is 2.29. The van der Waals surface area contributed by atoms with Gasteiger partial charge in [-0.3, -0.25) is 0 Å². The molecule has 64 valence electrons. The Morgan fingerprint density at radius 2 is 2.17 bits per heavy atom. The third-order valence-electron chi connectivity index (χ3n) is 1.45. The number of phenols is 1. The second kappa shape index (κ2) is 3.45. The van der Waals surface area contributed by atoms with E-state index in [9.17, 15) is 4.79 Å². The lowest BCUT2D eigenvalue weighted by Crippen LogP contribution is -1.96. The van der Waals surface area contributed by atoms with Gasteiger partial charge in [0.15, 0.2) is 0 Å². The van der Waals surface area contributed by atoms with E-state index < -0.39 is 5.97 Å². The number of carboxylic acids is 1. The van der Waals surface area contributed by atoms with Gasteiger partial charge >= 0.3 is 5.97 Å². The van der Waals surface area contributed by atoms with Crippen molar-refractivity contribution in [2.45, 2.75) is 5.88 Å². The Morgan fingerprint density at radius 1 is 1.50 bits per heavy atom. The van der Waals surface area contributed by atoms with Crippen molar-refractivity contribution in [2.75, 3.05) is 0 Å². The predicted molar refractivity (Wildman–Crippen MR) is 44.6 cm³/mol. The van der Waals surface area contributed by atoms with E-state index in [0.717, 1.165) is 0 Å². The number of hydrogen-bond acceptors (Lipinski definition) is 2. The molecule has 2 N–H and O–H groups in total. The number of carboxylic acid groups (broad SMARTS) is 1. The molecule has 0 saturated heterocycles. The van der Waals surface area contributed by atoms with E-state index in [-0.39, 0.29) is 17.2 Å². The van der Waals surface area contributed by atoms with Crippen LogP contribution in [0.15, 0.2) is 18.2 Å². The van der Waals surface area contributed by atoms with Gasteiger partial charge in [0.05, 0.1) is 0 Å². The third-order valence-corrected chi connectivity index (χ3v) is 1.76. The van der Waals surface area contributed by atoms with Crippen LogP contribution in [0.5, 0.6) is 5.75 Å². The van der Waals surface area contributed by atoms with Crippen molar-refractivity contribution in [2.24, 2.45) is 0 Å². The number of aromatic hydroxyl groups is 1. The first kappa shape index (κ1) is 8.87. The molecule has 3 nitrogen and oxygen atoms in total. The van der Waals surface area contributed by atoms with Gasteiger partial charge in [0.1, 0.15) is 11.3 Å². The highest BCUT2D eigenvalue weighted by molar-refractivity contribution is 6.17. The molecule has 1 rings (SSSR count). The van der Waals surface area contributed by atoms with Crippen molar-refractivity contribution in [3.8, 4) is 5.75 Å². The molecule has 0 aliphatic carbocycles. The van der Waals surface area contributed by atoms with Gasteiger partial charge in [0.25, 0.3) is 0 Å². The fourth-order valence-electron chi connectivity index (χ4n) is 0.841. The van der Waals surface area contributed by atoms with Crippen LogP contribution >= 0.6 is 11.6 Å². The molecular weight excluding hydrogens is 180 g/mol. The molecule has 0 fully saturated rings. The van der Waals surface area contributed by atoms with Crippen molar-refractivity contribution in [1.29, 1.82) is 0 Å². The summed E-state index contributed by atoms with van der Waals surface area (Å²) in [5.41, 5.74) is 0.586. The molecule has 0 unspecified atom stereocenters. The molecule has 0 spiro atoms. The third kappa shape index (κ3) is 1.68. The van der Waals surface area contributed by atoms with E-state index >= 15 is 0 Å². The molecule has 1 aromatic rings. The van der Waals surface area contributed by atoms with Crippen LogP contribution in [0.25, 0.3) is 0 Å². The van der Waals surface area contributed by atoms with Crippen LogP contribution in [0.4, 0.5) is 0 Å². The van der Waals surface area contributed by atoms with Crippen molar-refractivity contribution >= 4 is 17.6 Å². The molecule has 0 atom stereocenters. The lowest BCUT2D eigenvalue weighted by atomic mass is 10.1. The Kier molecular flexibility index (Phi) is 2.55. The van der Waals surface area contributed by atoms with Crippen LogP contribution in [-0.2, 0) is 5.88 Å².